The summed E-state index contributed by atoms with van der Waals surface area (Å²) in [5.74, 6) is -2.46. The summed E-state index contributed by atoms with van der Waals surface area (Å²) in [7, 11) is 0. The van der Waals surface area contributed by atoms with Crippen LogP contribution in [-0.4, -0.2) is 34.6 Å². The van der Waals surface area contributed by atoms with E-state index in [4.69, 9.17) is 4.74 Å². The number of amides is 1. The number of hydrogen-bond donors (Lipinski definition) is 1. The number of esters is 1. The van der Waals surface area contributed by atoms with Gasteiger partial charge in [0.15, 0.2) is 5.69 Å². The van der Waals surface area contributed by atoms with E-state index in [9.17, 15) is 40.7 Å². The molecule has 4 rings (SSSR count). The lowest BCUT2D eigenvalue weighted by atomic mass is 10.1. The summed E-state index contributed by atoms with van der Waals surface area (Å²) < 4.78 is 86.3. The Morgan fingerprint density at radius 3 is 2.36 bits per heavy atom. The molecule has 1 amide bonds. The highest BCUT2D eigenvalue weighted by atomic mass is 32.1. The van der Waals surface area contributed by atoms with Crippen molar-refractivity contribution in [3.8, 4) is 11.4 Å². The van der Waals surface area contributed by atoms with Crippen LogP contribution in [0.4, 0.5) is 31.3 Å². The fraction of sp³-hybridized carbons (Fsp3) is 0.167. The molecule has 2 aromatic heterocycles. The predicted octanol–water partition coefficient (Wildman–Crippen LogP) is 5.79. The number of thiophene rings is 1. The summed E-state index contributed by atoms with van der Waals surface area (Å²) >= 11 is 0.812. The number of carbonyl (C=O) groups excluding carboxylic acids is 2. The van der Waals surface area contributed by atoms with Crippen molar-refractivity contribution in [3.05, 3.63) is 81.1 Å². The van der Waals surface area contributed by atoms with E-state index >= 15 is 0 Å². The van der Waals surface area contributed by atoms with Crippen molar-refractivity contribution in [2.45, 2.75) is 19.5 Å². The Morgan fingerprint density at radius 2 is 1.74 bits per heavy atom. The smallest absolute Gasteiger partial charge is 0.461 e. The molecule has 0 spiro atoms. The Morgan fingerprint density at radius 1 is 1.05 bits per heavy atom. The molecule has 0 bridgehead atoms. The van der Waals surface area contributed by atoms with Crippen LogP contribution in [0.15, 0.2) is 58.7 Å². The predicted molar refractivity (Wildman–Crippen MR) is 127 cm³/mol. The third-order valence-electron chi connectivity index (χ3n) is 5.12. The molecule has 0 aliphatic rings. The summed E-state index contributed by atoms with van der Waals surface area (Å²) in [5.41, 5.74) is -2.66. The van der Waals surface area contributed by atoms with Gasteiger partial charge in [0.25, 0.3) is 11.5 Å². The quantitative estimate of drug-likeness (QED) is 0.232. The van der Waals surface area contributed by atoms with E-state index in [1.54, 1.807) is 0 Å². The van der Waals surface area contributed by atoms with Gasteiger partial charge in [0.05, 0.1) is 23.2 Å². The molecule has 0 radical (unpaired) electrons. The monoisotopic (exact) mass is 571 g/mol. The first-order valence-electron chi connectivity index (χ1n) is 10.8. The molecule has 0 saturated heterocycles. The first kappa shape index (κ1) is 27.6. The fourth-order valence-electron chi connectivity index (χ4n) is 3.47. The van der Waals surface area contributed by atoms with Gasteiger partial charge in [-0.05, 0) is 49.4 Å². The Hall–Kier alpha value is -4.40. The normalized spacial score (nSPS) is 11.9. The van der Waals surface area contributed by atoms with Crippen LogP contribution in [-0.2, 0) is 10.9 Å². The van der Waals surface area contributed by atoms with E-state index in [0.29, 0.717) is 6.07 Å². The molecule has 4 aromatic rings. The second-order valence-electron chi connectivity index (χ2n) is 7.71. The van der Waals surface area contributed by atoms with E-state index in [0.717, 1.165) is 58.5 Å². The Bertz CT molecular complexity index is 1610. The van der Waals surface area contributed by atoms with Crippen LogP contribution in [0.1, 0.15) is 33.3 Å². The van der Waals surface area contributed by atoms with Gasteiger partial charge in [-0.1, -0.05) is 6.07 Å². The highest BCUT2D eigenvalue weighted by Gasteiger charge is 2.32. The highest BCUT2D eigenvalue weighted by molar-refractivity contribution is 7.16. The molecule has 0 aliphatic heterocycles. The zero-order valence-corrected chi connectivity index (χ0v) is 20.3. The van der Waals surface area contributed by atoms with Crippen molar-refractivity contribution < 1.29 is 45.4 Å². The summed E-state index contributed by atoms with van der Waals surface area (Å²) in [6.07, 6.45) is -9.64. The summed E-state index contributed by atoms with van der Waals surface area (Å²) in [6.45, 7) is 1.48. The molecule has 0 atom stereocenters. The lowest BCUT2D eigenvalue weighted by Crippen LogP contribution is -2.25. The fourth-order valence-corrected chi connectivity index (χ4v) is 4.40. The average Bonchev–Trinajstić information content (AvgIpc) is 3.27. The van der Waals surface area contributed by atoms with Gasteiger partial charge in [-0.3, -0.25) is 9.59 Å². The number of anilines is 1. The van der Waals surface area contributed by atoms with Gasteiger partial charge in [-0.2, -0.15) is 23.0 Å². The van der Waals surface area contributed by atoms with Crippen LogP contribution in [0.2, 0.25) is 0 Å². The number of carbonyl (C=O) groups is 2. The average molecular weight is 571 g/mol. The van der Waals surface area contributed by atoms with Crippen LogP contribution in [0.25, 0.3) is 16.5 Å². The molecule has 204 valence electrons. The number of fused-ring (bicyclic) bond motifs is 1. The van der Waals surface area contributed by atoms with Crippen molar-refractivity contribution >= 4 is 39.0 Å². The number of halogens is 6. The molecule has 1 N–H and O–H groups in total. The first-order chi connectivity index (χ1) is 18.3. The van der Waals surface area contributed by atoms with E-state index < -0.39 is 41.3 Å². The first-order valence-corrected chi connectivity index (χ1v) is 11.7. The topological polar surface area (TPSA) is 99.5 Å². The summed E-state index contributed by atoms with van der Waals surface area (Å²) in [5, 5.41) is 7.42. The lowest BCUT2D eigenvalue weighted by molar-refractivity contribution is -0.274. The molecule has 0 fully saturated rings. The second-order valence-corrected chi connectivity index (χ2v) is 8.59. The van der Waals surface area contributed by atoms with Crippen molar-refractivity contribution in [2.75, 3.05) is 11.9 Å². The molecule has 8 nitrogen and oxygen atoms in total. The molecule has 0 saturated carbocycles. The maximum Gasteiger partial charge on any atom is 0.573 e. The minimum atomic E-state index is -4.95. The largest absolute Gasteiger partial charge is 0.573 e. The van der Waals surface area contributed by atoms with E-state index in [2.05, 4.69) is 15.2 Å². The second kappa shape index (κ2) is 10.4. The van der Waals surface area contributed by atoms with Gasteiger partial charge >= 0.3 is 18.5 Å². The van der Waals surface area contributed by atoms with E-state index in [1.807, 2.05) is 0 Å². The molecule has 0 unspecified atom stereocenters. The zero-order chi connectivity index (χ0) is 28.5. The number of rotatable bonds is 6. The highest BCUT2D eigenvalue weighted by Crippen LogP contribution is 2.33. The minimum absolute atomic E-state index is 0.00364. The molecular formula is C24H15F6N3O5S. The van der Waals surface area contributed by atoms with Crippen LogP contribution < -0.4 is 15.6 Å². The molecule has 39 heavy (non-hydrogen) atoms. The van der Waals surface area contributed by atoms with Gasteiger partial charge in [0.2, 0.25) is 0 Å². The van der Waals surface area contributed by atoms with Crippen LogP contribution in [0.5, 0.6) is 5.75 Å². The van der Waals surface area contributed by atoms with Gasteiger partial charge in [0, 0.05) is 16.3 Å². The number of benzene rings is 2. The van der Waals surface area contributed by atoms with Gasteiger partial charge in [0.1, 0.15) is 10.8 Å². The summed E-state index contributed by atoms with van der Waals surface area (Å²) in [4.78, 5) is 38.8. The molecule has 0 aliphatic carbocycles. The number of hydrogen-bond acceptors (Lipinski definition) is 7. The van der Waals surface area contributed by atoms with E-state index in [1.165, 1.54) is 12.3 Å². The Kier molecular flexibility index (Phi) is 7.37. The Labute approximate surface area is 218 Å². The van der Waals surface area contributed by atoms with Crippen LogP contribution >= 0.6 is 11.3 Å². The zero-order valence-electron chi connectivity index (χ0n) is 19.5. The van der Waals surface area contributed by atoms with Crippen molar-refractivity contribution in [1.82, 2.24) is 9.78 Å². The number of ether oxygens (including phenoxy) is 2. The maximum atomic E-state index is 13.4. The van der Waals surface area contributed by atoms with Crippen molar-refractivity contribution in [2.24, 2.45) is 0 Å². The lowest BCUT2D eigenvalue weighted by Gasteiger charge is -2.12. The minimum Gasteiger partial charge on any atom is -0.461 e. The van der Waals surface area contributed by atoms with Crippen LogP contribution in [0.3, 0.4) is 0 Å². The number of nitrogens with zero attached hydrogens (tertiary/aromatic N) is 2. The standard InChI is InChI=1S/C24H15F6N3O5S/c1-2-37-22(36)18-16-11-39-20(31-19(34)12-4-3-5-13(10-12)23(25,26)27)17(16)21(35)33(32-18)14-6-8-15(9-7-14)38-24(28,29)30/h3-11H,2H2,1H3,(H,31,34). The van der Waals surface area contributed by atoms with E-state index in [-0.39, 0.29) is 39.3 Å². The third kappa shape index (κ3) is 6.03. The Balaban J connectivity index is 1.80. The number of aromatic nitrogens is 2. The van der Waals surface area contributed by atoms with Crippen molar-refractivity contribution in [3.63, 3.8) is 0 Å². The molecule has 2 aromatic carbocycles. The van der Waals surface area contributed by atoms with Gasteiger partial charge < -0.3 is 14.8 Å². The van der Waals surface area contributed by atoms with Crippen LogP contribution in [0, 0.1) is 0 Å². The number of nitrogens with one attached hydrogen (secondary N) is 1. The molecule has 2 heterocycles. The summed E-state index contributed by atoms with van der Waals surface area (Å²) in [6, 6.07) is 7.65. The SMILES string of the molecule is CCOC(=O)c1nn(-c2ccc(OC(F)(F)F)cc2)c(=O)c2c(NC(=O)c3cccc(C(F)(F)F)c3)scc12. The third-order valence-corrected chi connectivity index (χ3v) is 6.01. The van der Waals surface area contributed by atoms with Gasteiger partial charge in [-0.15, -0.1) is 24.5 Å². The maximum absolute atomic E-state index is 13.4. The number of alkyl halides is 6. The molecule has 15 heteroatoms. The van der Waals surface area contributed by atoms with Gasteiger partial charge in [-0.25, -0.2) is 4.79 Å². The molecular weight excluding hydrogens is 556 g/mol. The van der Waals surface area contributed by atoms with Crippen molar-refractivity contribution in [1.29, 1.82) is 0 Å².